The summed E-state index contributed by atoms with van der Waals surface area (Å²) in [5, 5.41) is 12.0. The van der Waals surface area contributed by atoms with Crippen LogP contribution >= 0.6 is 0 Å². The molecule has 2 amide bonds. The Kier molecular flexibility index (Phi) is 4.43. The maximum absolute atomic E-state index is 12.9. The van der Waals surface area contributed by atoms with Gasteiger partial charge in [0.15, 0.2) is 5.82 Å². The maximum atomic E-state index is 12.9. The monoisotopic (exact) mass is 333 g/mol. The van der Waals surface area contributed by atoms with Gasteiger partial charge in [0.2, 0.25) is 0 Å². The molecule has 0 saturated carbocycles. The molecule has 3 atom stereocenters. The van der Waals surface area contributed by atoms with Crippen molar-refractivity contribution in [3.8, 4) is 0 Å². The number of ether oxygens (including phenoxy) is 1. The van der Waals surface area contributed by atoms with Crippen LogP contribution in [0.2, 0.25) is 0 Å². The van der Waals surface area contributed by atoms with Gasteiger partial charge in [-0.15, -0.1) is 10.2 Å². The fourth-order valence-electron chi connectivity index (χ4n) is 4.18. The number of likely N-dealkylation sites (tertiary alicyclic amines) is 1. The van der Waals surface area contributed by atoms with Crippen molar-refractivity contribution in [2.24, 2.45) is 0 Å². The first-order chi connectivity index (χ1) is 11.7. The first-order valence-electron chi connectivity index (χ1n) is 9.35. The molecule has 0 aromatic carbocycles. The molecule has 24 heavy (non-hydrogen) atoms. The van der Waals surface area contributed by atoms with Gasteiger partial charge in [-0.2, -0.15) is 0 Å². The third-order valence-corrected chi connectivity index (χ3v) is 5.63. The van der Waals surface area contributed by atoms with E-state index in [-0.39, 0.29) is 24.2 Å². The highest BCUT2D eigenvalue weighted by Crippen LogP contribution is 2.31. The molecule has 3 aliphatic rings. The minimum Gasteiger partial charge on any atom is -0.376 e. The van der Waals surface area contributed by atoms with Gasteiger partial charge in [-0.25, -0.2) is 4.79 Å². The Bertz CT molecular complexity index is 602. The Labute approximate surface area is 142 Å². The van der Waals surface area contributed by atoms with Gasteiger partial charge in [0, 0.05) is 26.1 Å². The van der Waals surface area contributed by atoms with Crippen molar-refractivity contribution in [1.29, 1.82) is 0 Å². The molecule has 4 heterocycles. The summed E-state index contributed by atoms with van der Waals surface area (Å²) in [6.07, 6.45) is 7.52. The van der Waals surface area contributed by atoms with Gasteiger partial charge in [-0.05, 0) is 45.4 Å². The van der Waals surface area contributed by atoms with Crippen molar-refractivity contribution in [2.75, 3.05) is 13.2 Å². The number of carbonyl (C=O) groups excluding carboxylic acids is 1. The molecule has 7 heteroatoms. The molecule has 7 nitrogen and oxygen atoms in total. The molecule has 4 rings (SSSR count). The highest BCUT2D eigenvalue weighted by Gasteiger charge is 2.35. The van der Waals surface area contributed by atoms with Crippen molar-refractivity contribution >= 4 is 6.03 Å². The molecular weight excluding hydrogens is 306 g/mol. The van der Waals surface area contributed by atoms with E-state index in [1.807, 2.05) is 11.8 Å². The van der Waals surface area contributed by atoms with Gasteiger partial charge in [0.05, 0.1) is 18.2 Å². The van der Waals surface area contributed by atoms with Gasteiger partial charge in [-0.3, -0.25) is 0 Å². The summed E-state index contributed by atoms with van der Waals surface area (Å²) in [6.45, 7) is 4.53. The average molecular weight is 333 g/mol. The standard InChI is InChI=1S/C17H27N5O2/c1-12-13(8-11-24-12)18-17(23)21-9-4-2-6-14(21)16-20-19-15-7-3-5-10-22(15)16/h12-14H,2-11H2,1H3,(H,18,23)/t12-,13+,14+/m0/s1. The molecule has 1 aromatic heterocycles. The van der Waals surface area contributed by atoms with Gasteiger partial charge < -0.3 is 19.5 Å². The molecule has 0 spiro atoms. The third-order valence-electron chi connectivity index (χ3n) is 5.63. The highest BCUT2D eigenvalue weighted by atomic mass is 16.5. The number of hydrogen-bond acceptors (Lipinski definition) is 4. The van der Waals surface area contributed by atoms with Crippen molar-refractivity contribution in [1.82, 2.24) is 25.0 Å². The lowest BCUT2D eigenvalue weighted by molar-refractivity contribution is 0.106. The van der Waals surface area contributed by atoms with Crippen LogP contribution in [0.3, 0.4) is 0 Å². The topological polar surface area (TPSA) is 72.3 Å². The largest absolute Gasteiger partial charge is 0.376 e. The summed E-state index contributed by atoms with van der Waals surface area (Å²) in [5.41, 5.74) is 0. The van der Waals surface area contributed by atoms with Gasteiger partial charge in [-0.1, -0.05) is 0 Å². The fourth-order valence-corrected chi connectivity index (χ4v) is 4.18. The molecule has 1 N–H and O–H groups in total. The number of aryl methyl sites for hydroxylation is 1. The smallest absolute Gasteiger partial charge is 0.318 e. The number of carbonyl (C=O) groups is 1. The summed E-state index contributed by atoms with van der Waals surface area (Å²) in [5.74, 6) is 2.07. The number of piperidine rings is 1. The minimum atomic E-state index is 0.0233. The van der Waals surface area contributed by atoms with E-state index in [9.17, 15) is 4.79 Å². The van der Waals surface area contributed by atoms with Crippen LogP contribution < -0.4 is 5.32 Å². The number of hydrogen-bond donors (Lipinski definition) is 1. The van der Waals surface area contributed by atoms with E-state index in [2.05, 4.69) is 20.1 Å². The number of nitrogens with zero attached hydrogens (tertiary/aromatic N) is 4. The summed E-state index contributed by atoms with van der Waals surface area (Å²) in [6, 6.07) is 0.193. The Morgan fingerprint density at radius 3 is 2.88 bits per heavy atom. The van der Waals surface area contributed by atoms with Gasteiger partial charge in [0.1, 0.15) is 5.82 Å². The zero-order valence-electron chi connectivity index (χ0n) is 14.4. The van der Waals surface area contributed by atoms with Crippen LogP contribution in [-0.4, -0.2) is 51.0 Å². The van der Waals surface area contributed by atoms with Crippen molar-refractivity contribution in [2.45, 2.75) is 76.6 Å². The molecule has 2 fully saturated rings. The first kappa shape index (κ1) is 15.9. The van der Waals surface area contributed by atoms with Crippen molar-refractivity contribution < 1.29 is 9.53 Å². The molecule has 1 aromatic rings. The molecule has 132 valence electrons. The summed E-state index contributed by atoms with van der Waals surface area (Å²) in [4.78, 5) is 14.8. The molecular formula is C17H27N5O2. The predicted molar refractivity (Wildman–Crippen MR) is 88.6 cm³/mol. The van der Waals surface area contributed by atoms with Crippen molar-refractivity contribution in [3.05, 3.63) is 11.6 Å². The lowest BCUT2D eigenvalue weighted by Crippen LogP contribution is -2.50. The van der Waals surface area contributed by atoms with Crippen LogP contribution in [0.1, 0.15) is 63.1 Å². The maximum Gasteiger partial charge on any atom is 0.318 e. The zero-order chi connectivity index (χ0) is 16.5. The van der Waals surface area contributed by atoms with Crippen LogP contribution in [-0.2, 0) is 17.7 Å². The summed E-state index contributed by atoms with van der Waals surface area (Å²) in [7, 11) is 0. The van der Waals surface area contributed by atoms with Crippen LogP contribution in [0.25, 0.3) is 0 Å². The lowest BCUT2D eigenvalue weighted by atomic mass is 10.0. The number of rotatable bonds is 2. The highest BCUT2D eigenvalue weighted by molar-refractivity contribution is 5.75. The van der Waals surface area contributed by atoms with Gasteiger partial charge in [0.25, 0.3) is 0 Å². The van der Waals surface area contributed by atoms with Crippen LogP contribution in [0.5, 0.6) is 0 Å². The third kappa shape index (κ3) is 2.90. The number of nitrogens with one attached hydrogen (secondary N) is 1. The number of urea groups is 1. The minimum absolute atomic E-state index is 0.0233. The predicted octanol–water partition coefficient (Wildman–Crippen LogP) is 2.03. The molecule has 3 aliphatic heterocycles. The van der Waals surface area contributed by atoms with Crippen LogP contribution in [0.15, 0.2) is 0 Å². The Hall–Kier alpha value is -1.63. The van der Waals surface area contributed by atoms with E-state index in [1.54, 1.807) is 0 Å². The normalized spacial score (nSPS) is 30.2. The second-order valence-corrected chi connectivity index (χ2v) is 7.21. The fraction of sp³-hybridized carbons (Fsp3) is 0.824. The second kappa shape index (κ2) is 6.70. The van der Waals surface area contributed by atoms with E-state index < -0.39 is 0 Å². The summed E-state index contributed by atoms with van der Waals surface area (Å²) < 4.78 is 7.82. The van der Waals surface area contributed by atoms with Gasteiger partial charge >= 0.3 is 6.03 Å². The molecule has 0 radical (unpaired) electrons. The van der Waals surface area contributed by atoms with E-state index in [0.29, 0.717) is 0 Å². The van der Waals surface area contributed by atoms with E-state index in [4.69, 9.17) is 4.74 Å². The number of amides is 2. The zero-order valence-corrected chi connectivity index (χ0v) is 14.4. The van der Waals surface area contributed by atoms with Crippen molar-refractivity contribution in [3.63, 3.8) is 0 Å². The number of aromatic nitrogens is 3. The Morgan fingerprint density at radius 2 is 2.04 bits per heavy atom. The van der Waals surface area contributed by atoms with E-state index >= 15 is 0 Å². The Balaban J connectivity index is 1.52. The quantitative estimate of drug-likeness (QED) is 0.899. The number of fused-ring (bicyclic) bond motifs is 1. The average Bonchev–Trinajstić information content (AvgIpc) is 3.21. The summed E-state index contributed by atoms with van der Waals surface area (Å²) >= 11 is 0. The second-order valence-electron chi connectivity index (χ2n) is 7.21. The van der Waals surface area contributed by atoms with Crippen LogP contribution in [0.4, 0.5) is 4.79 Å². The molecule has 0 bridgehead atoms. The van der Waals surface area contributed by atoms with Crippen LogP contribution in [0, 0.1) is 0 Å². The molecule has 0 unspecified atom stereocenters. The van der Waals surface area contributed by atoms with E-state index in [1.165, 1.54) is 12.8 Å². The Morgan fingerprint density at radius 1 is 1.17 bits per heavy atom. The SMILES string of the molecule is C[C@@H]1OCC[C@H]1NC(=O)N1CCCC[C@@H]1c1nnc2n1CCCC2. The molecule has 0 aliphatic carbocycles. The van der Waals surface area contributed by atoms with E-state index in [0.717, 1.165) is 63.4 Å². The first-order valence-corrected chi connectivity index (χ1v) is 9.35. The lowest BCUT2D eigenvalue weighted by Gasteiger charge is -2.36. The molecule has 2 saturated heterocycles.